The topological polar surface area (TPSA) is 61.0 Å². The summed E-state index contributed by atoms with van der Waals surface area (Å²) in [6.07, 6.45) is 4.93. The molecule has 2 heterocycles. The molecule has 1 amide bonds. The lowest BCUT2D eigenvalue weighted by molar-refractivity contribution is -0.116. The number of carbonyl (C=O) groups excluding carboxylic acids is 1. The van der Waals surface area contributed by atoms with Crippen molar-refractivity contribution in [1.82, 2.24) is 15.6 Å². The number of nitrogens with one attached hydrogen (secondary N) is 2. The number of anilines is 1. The summed E-state index contributed by atoms with van der Waals surface area (Å²) in [5.41, 5.74) is 6.61. The van der Waals surface area contributed by atoms with Crippen LogP contribution in [0.4, 0.5) is 5.69 Å². The number of nitrogens with zero attached hydrogens (tertiary/aromatic N) is 2. The maximum atomic E-state index is 12.7. The molecule has 0 saturated heterocycles. The van der Waals surface area contributed by atoms with Crippen LogP contribution in [-0.2, 0) is 11.3 Å². The standard InChI is InChI=1S/C23H19ClN4OS/c24-21-13-12-20(30-21)23-18(15-25-26-23)11-14-22(29)27-28(19-9-5-2-6-10-19)16-17-7-3-1-4-8-17/h1-15H,16H2,(H,25,26)(H,27,29)/b14-11+. The molecule has 0 spiro atoms. The van der Waals surface area contributed by atoms with Gasteiger partial charge in [-0.3, -0.25) is 20.3 Å². The first-order valence-corrected chi connectivity index (χ1v) is 10.5. The van der Waals surface area contributed by atoms with Crippen LogP contribution in [0.2, 0.25) is 4.34 Å². The van der Waals surface area contributed by atoms with Gasteiger partial charge in [0, 0.05) is 11.6 Å². The van der Waals surface area contributed by atoms with E-state index in [1.165, 1.54) is 17.4 Å². The van der Waals surface area contributed by atoms with Crippen molar-refractivity contribution in [2.24, 2.45) is 0 Å². The fourth-order valence-corrected chi connectivity index (χ4v) is 4.03. The largest absolute Gasteiger partial charge is 0.281 e. The van der Waals surface area contributed by atoms with Crippen LogP contribution in [0.3, 0.4) is 0 Å². The molecule has 0 fully saturated rings. The zero-order chi connectivity index (χ0) is 20.8. The lowest BCUT2D eigenvalue weighted by Crippen LogP contribution is -2.41. The minimum atomic E-state index is -0.230. The maximum absolute atomic E-state index is 12.7. The van der Waals surface area contributed by atoms with Gasteiger partial charge in [-0.15, -0.1) is 11.3 Å². The van der Waals surface area contributed by atoms with Crippen LogP contribution in [0.15, 0.2) is 85.1 Å². The van der Waals surface area contributed by atoms with Crippen LogP contribution in [-0.4, -0.2) is 16.1 Å². The number of thiophene rings is 1. The summed E-state index contributed by atoms with van der Waals surface area (Å²) in [6.45, 7) is 0.551. The van der Waals surface area contributed by atoms with Crippen LogP contribution in [0.25, 0.3) is 16.6 Å². The van der Waals surface area contributed by atoms with Gasteiger partial charge in [0.1, 0.15) is 0 Å². The molecule has 0 radical (unpaired) electrons. The number of aromatic amines is 1. The molecule has 0 unspecified atom stereocenters. The van der Waals surface area contributed by atoms with Crippen molar-refractivity contribution < 1.29 is 4.79 Å². The first-order chi connectivity index (χ1) is 14.7. The Hall–Kier alpha value is -3.35. The van der Waals surface area contributed by atoms with Gasteiger partial charge in [0.2, 0.25) is 0 Å². The van der Waals surface area contributed by atoms with E-state index in [4.69, 9.17) is 11.6 Å². The van der Waals surface area contributed by atoms with Gasteiger partial charge in [0.15, 0.2) is 0 Å². The second kappa shape index (κ2) is 9.43. The second-order valence-corrected chi connectivity index (χ2v) is 8.24. The summed E-state index contributed by atoms with van der Waals surface area (Å²) in [5, 5.41) is 8.89. The Bertz CT molecular complexity index is 1140. The average molecular weight is 435 g/mol. The van der Waals surface area contributed by atoms with Gasteiger partial charge in [-0.1, -0.05) is 60.1 Å². The fraction of sp³-hybridized carbons (Fsp3) is 0.0435. The van der Waals surface area contributed by atoms with Gasteiger partial charge < -0.3 is 0 Å². The van der Waals surface area contributed by atoms with Crippen molar-refractivity contribution in [1.29, 1.82) is 0 Å². The molecule has 4 rings (SSSR count). The minimum Gasteiger partial charge on any atom is -0.281 e. The van der Waals surface area contributed by atoms with Crippen LogP contribution in [0.1, 0.15) is 11.1 Å². The SMILES string of the molecule is O=C(/C=C/c1cn[nH]c1-c1ccc(Cl)s1)NN(Cc1ccccc1)c1ccccc1. The third-order valence-corrected chi connectivity index (χ3v) is 5.65. The third kappa shape index (κ3) is 4.97. The van der Waals surface area contributed by atoms with Gasteiger partial charge in [-0.25, -0.2) is 0 Å². The highest BCUT2D eigenvalue weighted by Gasteiger charge is 2.11. The summed E-state index contributed by atoms with van der Waals surface area (Å²) in [5.74, 6) is -0.230. The fourth-order valence-electron chi connectivity index (χ4n) is 2.97. The van der Waals surface area contributed by atoms with Gasteiger partial charge in [0.25, 0.3) is 5.91 Å². The number of hydrazine groups is 1. The number of aromatic nitrogens is 2. The molecule has 0 atom stereocenters. The summed E-state index contributed by atoms with van der Waals surface area (Å²) < 4.78 is 0.701. The predicted octanol–water partition coefficient (Wildman–Crippen LogP) is 5.54. The van der Waals surface area contributed by atoms with Crippen LogP contribution in [0.5, 0.6) is 0 Å². The Labute approximate surface area is 183 Å². The molecule has 0 bridgehead atoms. The molecule has 0 aliphatic heterocycles. The summed E-state index contributed by atoms with van der Waals surface area (Å²) in [6, 6.07) is 23.5. The van der Waals surface area contributed by atoms with Crippen molar-refractivity contribution in [2.75, 3.05) is 5.01 Å². The Balaban J connectivity index is 1.50. The molecular formula is C23H19ClN4OS. The van der Waals surface area contributed by atoms with E-state index in [1.54, 1.807) is 12.3 Å². The number of carbonyl (C=O) groups is 1. The highest BCUT2D eigenvalue weighted by atomic mass is 35.5. The van der Waals surface area contributed by atoms with Crippen molar-refractivity contribution in [3.63, 3.8) is 0 Å². The average Bonchev–Trinajstić information content (AvgIpc) is 3.42. The van der Waals surface area contributed by atoms with E-state index in [0.717, 1.165) is 27.4 Å². The Kier molecular flexibility index (Phi) is 6.27. The summed E-state index contributed by atoms with van der Waals surface area (Å²) in [7, 11) is 0. The molecule has 7 heteroatoms. The first-order valence-electron chi connectivity index (χ1n) is 9.33. The molecule has 4 aromatic rings. The van der Waals surface area contributed by atoms with E-state index in [1.807, 2.05) is 77.8 Å². The third-order valence-electron chi connectivity index (χ3n) is 4.40. The summed E-state index contributed by atoms with van der Waals surface area (Å²) in [4.78, 5) is 13.6. The van der Waals surface area contributed by atoms with E-state index < -0.39 is 0 Å². The molecule has 150 valence electrons. The van der Waals surface area contributed by atoms with Gasteiger partial charge in [-0.2, -0.15) is 5.10 Å². The normalized spacial score (nSPS) is 11.0. The van der Waals surface area contributed by atoms with Crippen molar-refractivity contribution in [3.8, 4) is 10.6 Å². The zero-order valence-electron chi connectivity index (χ0n) is 16.0. The molecular weight excluding hydrogens is 416 g/mol. The maximum Gasteiger partial charge on any atom is 0.262 e. The number of halogens is 1. The molecule has 0 saturated carbocycles. The Morgan fingerprint density at radius 1 is 1.07 bits per heavy atom. The highest BCUT2D eigenvalue weighted by molar-refractivity contribution is 7.19. The first kappa shape index (κ1) is 19.9. The predicted molar refractivity (Wildman–Crippen MR) is 123 cm³/mol. The van der Waals surface area contributed by atoms with Gasteiger partial charge in [-0.05, 0) is 35.9 Å². The monoisotopic (exact) mass is 434 g/mol. The highest BCUT2D eigenvalue weighted by Crippen LogP contribution is 2.32. The second-order valence-electron chi connectivity index (χ2n) is 6.52. The van der Waals surface area contributed by atoms with Crippen LogP contribution < -0.4 is 10.4 Å². The number of hydrogen-bond donors (Lipinski definition) is 2. The lowest BCUT2D eigenvalue weighted by atomic mass is 10.2. The van der Waals surface area contributed by atoms with E-state index >= 15 is 0 Å². The number of para-hydroxylation sites is 1. The number of amides is 1. The Morgan fingerprint density at radius 2 is 1.80 bits per heavy atom. The van der Waals surface area contributed by atoms with Crippen molar-refractivity contribution in [3.05, 3.63) is 101 Å². The number of rotatable bonds is 7. The van der Waals surface area contributed by atoms with E-state index in [-0.39, 0.29) is 5.91 Å². The number of hydrogen-bond acceptors (Lipinski definition) is 4. The van der Waals surface area contributed by atoms with Crippen LogP contribution >= 0.6 is 22.9 Å². The van der Waals surface area contributed by atoms with Gasteiger partial charge >= 0.3 is 0 Å². The molecule has 0 aliphatic rings. The summed E-state index contributed by atoms with van der Waals surface area (Å²) >= 11 is 7.49. The van der Waals surface area contributed by atoms with Gasteiger partial charge in [0.05, 0.1) is 33.3 Å². The molecule has 30 heavy (non-hydrogen) atoms. The lowest BCUT2D eigenvalue weighted by Gasteiger charge is -2.25. The molecule has 2 aromatic heterocycles. The molecule has 0 aliphatic carbocycles. The van der Waals surface area contributed by atoms with Crippen molar-refractivity contribution in [2.45, 2.75) is 6.54 Å². The molecule has 2 N–H and O–H groups in total. The molecule has 2 aromatic carbocycles. The zero-order valence-corrected chi connectivity index (χ0v) is 17.5. The van der Waals surface area contributed by atoms with E-state index in [0.29, 0.717) is 10.9 Å². The van der Waals surface area contributed by atoms with Crippen molar-refractivity contribution >= 4 is 40.6 Å². The Morgan fingerprint density at radius 3 is 2.50 bits per heavy atom. The number of benzene rings is 2. The number of H-pyrrole nitrogens is 1. The minimum absolute atomic E-state index is 0.230. The van der Waals surface area contributed by atoms with Crippen LogP contribution in [0, 0.1) is 0 Å². The van der Waals surface area contributed by atoms with E-state index in [9.17, 15) is 4.79 Å². The quantitative estimate of drug-likeness (QED) is 0.296. The smallest absolute Gasteiger partial charge is 0.262 e. The van der Waals surface area contributed by atoms with E-state index in [2.05, 4.69) is 15.6 Å². The molecule has 5 nitrogen and oxygen atoms in total.